The molecular formula is C21H31Cl2N15O4. The smallest absolute Gasteiger partial charge is 0.292 e. The van der Waals surface area contributed by atoms with Crippen LogP contribution in [0, 0.1) is 5.41 Å². The predicted octanol–water partition coefficient (Wildman–Crippen LogP) is -1.50. The van der Waals surface area contributed by atoms with Crippen molar-refractivity contribution in [3.05, 3.63) is 36.1 Å². The highest BCUT2D eigenvalue weighted by Crippen LogP contribution is 2.14. The number of hydrogen-bond acceptors (Lipinski definition) is 9. The molecule has 0 aliphatic heterocycles. The maximum Gasteiger partial charge on any atom is 0.292 e. The summed E-state index contributed by atoms with van der Waals surface area (Å²) in [6.45, 7) is -0.147. The molecule has 0 aliphatic carbocycles. The van der Waals surface area contributed by atoms with E-state index < -0.39 is 23.6 Å². The Morgan fingerprint density at radius 2 is 1.17 bits per heavy atom. The molecule has 0 radical (unpaired) electrons. The summed E-state index contributed by atoms with van der Waals surface area (Å²) in [6, 6.07) is 0. The number of guanidine groups is 1. The molecule has 3 aromatic heterocycles. The quantitative estimate of drug-likeness (QED) is 0.0898. The average molecular weight is 628 g/mol. The summed E-state index contributed by atoms with van der Waals surface area (Å²) in [6.07, 6.45) is 4.47. The average Bonchev–Trinajstić information content (AvgIpc) is 3.53. The number of anilines is 3. The molecule has 3 heterocycles. The lowest BCUT2D eigenvalue weighted by atomic mass is 10.4. The molecule has 0 fully saturated rings. The van der Waals surface area contributed by atoms with Gasteiger partial charge in [0.1, 0.15) is 6.54 Å². The van der Waals surface area contributed by atoms with Crippen molar-refractivity contribution in [1.29, 1.82) is 5.41 Å². The van der Waals surface area contributed by atoms with Gasteiger partial charge < -0.3 is 52.2 Å². The number of halogens is 2. The van der Waals surface area contributed by atoms with Crippen LogP contribution in [0.15, 0.2) is 23.6 Å². The van der Waals surface area contributed by atoms with Gasteiger partial charge in [-0.15, -0.1) is 24.8 Å². The van der Waals surface area contributed by atoms with E-state index >= 15 is 0 Å². The van der Waals surface area contributed by atoms with Crippen LogP contribution in [0.3, 0.4) is 0 Å². The highest BCUT2D eigenvalue weighted by atomic mass is 35.5. The molecule has 42 heavy (non-hydrogen) atoms. The van der Waals surface area contributed by atoms with Gasteiger partial charge in [-0.05, 0) is 0 Å². The van der Waals surface area contributed by atoms with Crippen LogP contribution in [-0.4, -0.2) is 77.2 Å². The summed E-state index contributed by atoms with van der Waals surface area (Å²) in [4.78, 5) is 65.7. The van der Waals surface area contributed by atoms with Crippen LogP contribution in [0.5, 0.6) is 0 Å². The second-order valence-corrected chi connectivity index (χ2v) is 8.41. The van der Waals surface area contributed by atoms with Crippen molar-refractivity contribution < 1.29 is 19.2 Å². The van der Waals surface area contributed by atoms with E-state index in [0.29, 0.717) is 0 Å². The Balaban J connectivity index is 0.00000441. The molecule has 0 saturated heterocycles. The number of nitrogens with zero attached hydrogens (tertiary/aromatic N) is 7. The van der Waals surface area contributed by atoms with E-state index in [-0.39, 0.29) is 91.0 Å². The summed E-state index contributed by atoms with van der Waals surface area (Å²) in [5.41, 5.74) is 15.7. The largest absolute Gasteiger partial charge is 0.388 e. The molecule has 0 saturated carbocycles. The zero-order valence-electron chi connectivity index (χ0n) is 22.7. The number of amides is 4. The van der Waals surface area contributed by atoms with Crippen molar-refractivity contribution >= 4 is 77.7 Å². The molecule has 0 aromatic carbocycles. The molecule has 0 spiro atoms. The van der Waals surface area contributed by atoms with Gasteiger partial charge in [0.25, 0.3) is 17.7 Å². The van der Waals surface area contributed by atoms with E-state index in [2.05, 4.69) is 41.2 Å². The van der Waals surface area contributed by atoms with Crippen LogP contribution in [0.25, 0.3) is 0 Å². The van der Waals surface area contributed by atoms with Crippen molar-refractivity contribution in [1.82, 2.24) is 34.0 Å². The van der Waals surface area contributed by atoms with Crippen molar-refractivity contribution in [2.24, 2.45) is 43.3 Å². The fourth-order valence-corrected chi connectivity index (χ4v) is 3.29. The van der Waals surface area contributed by atoms with Gasteiger partial charge in [-0.1, -0.05) is 0 Å². The molecule has 0 bridgehead atoms. The number of carbonyl (C=O) groups is 4. The minimum absolute atomic E-state index is 0. The first-order valence-corrected chi connectivity index (χ1v) is 11.5. The summed E-state index contributed by atoms with van der Waals surface area (Å²) in [7, 11) is 4.68. The van der Waals surface area contributed by atoms with Gasteiger partial charge in [-0.3, -0.25) is 24.6 Å². The number of aromatic nitrogens is 6. The maximum atomic E-state index is 12.8. The van der Waals surface area contributed by atoms with E-state index in [1.165, 1.54) is 32.3 Å². The van der Waals surface area contributed by atoms with E-state index in [1.807, 2.05) is 0 Å². The van der Waals surface area contributed by atoms with E-state index in [1.54, 1.807) is 21.1 Å². The molecule has 4 amide bonds. The summed E-state index contributed by atoms with van der Waals surface area (Å²) in [5.74, 6) is -2.44. The zero-order chi connectivity index (χ0) is 29.6. The Morgan fingerprint density at radius 1 is 0.762 bits per heavy atom. The lowest BCUT2D eigenvalue weighted by Gasteiger charge is -2.03. The highest BCUT2D eigenvalue weighted by molar-refractivity contribution is 6.04. The molecule has 0 atom stereocenters. The van der Waals surface area contributed by atoms with E-state index in [4.69, 9.17) is 22.6 Å². The number of imidazole rings is 3. The van der Waals surface area contributed by atoms with Crippen LogP contribution in [0.1, 0.15) is 38.3 Å². The van der Waals surface area contributed by atoms with E-state index in [9.17, 15) is 19.2 Å². The Morgan fingerprint density at radius 3 is 1.57 bits per heavy atom. The number of hydrogen-bond donors (Lipinski definition) is 8. The van der Waals surface area contributed by atoms with Crippen LogP contribution in [0.2, 0.25) is 0 Å². The van der Waals surface area contributed by atoms with Crippen molar-refractivity contribution in [3.8, 4) is 0 Å². The van der Waals surface area contributed by atoms with Crippen molar-refractivity contribution in [2.75, 3.05) is 29.0 Å². The first-order chi connectivity index (χ1) is 18.8. The minimum Gasteiger partial charge on any atom is -0.388 e. The zero-order valence-corrected chi connectivity index (χ0v) is 24.3. The number of aryl methyl sites for hydroxylation is 3. The van der Waals surface area contributed by atoms with Crippen LogP contribution in [-0.2, 0) is 25.9 Å². The first-order valence-electron chi connectivity index (χ1n) is 11.5. The minimum atomic E-state index is -0.651. The number of amidine groups is 1. The highest BCUT2D eigenvalue weighted by Gasteiger charge is 2.21. The van der Waals surface area contributed by atoms with Crippen molar-refractivity contribution in [3.63, 3.8) is 0 Å². The topological polar surface area (TPSA) is 284 Å². The monoisotopic (exact) mass is 627 g/mol. The van der Waals surface area contributed by atoms with Gasteiger partial charge in [-0.25, -0.2) is 19.9 Å². The first kappa shape index (κ1) is 34.9. The lowest BCUT2D eigenvalue weighted by molar-refractivity contribution is -0.114. The summed E-state index contributed by atoms with van der Waals surface area (Å²) < 4.78 is 4.20. The number of nitrogens with one attached hydrogen (secondary N) is 5. The number of rotatable bonds is 11. The van der Waals surface area contributed by atoms with Crippen LogP contribution >= 0.6 is 24.8 Å². The van der Waals surface area contributed by atoms with Gasteiger partial charge in [0.15, 0.2) is 23.4 Å². The molecular weight excluding hydrogens is 597 g/mol. The van der Waals surface area contributed by atoms with E-state index in [0.717, 1.165) is 0 Å². The normalized spacial score (nSPS) is 9.98. The Labute approximate surface area is 251 Å². The third-order valence-electron chi connectivity index (χ3n) is 5.07. The standard InChI is InChI=1S/C21H29N15O4.2ClH/c1-34-8-12(30-15(34)18(38)26-5-4-10(22)23)32-20(40)17-31-13(9-36(17)3)33-19(39)16-29-11(7-35(16)2)28-14(37)6-27-21(24)25;;/h7-9H,4-6H2,1-3H3,(H3,22,23)(H,26,38)(H,28,37)(H,32,40)(H,33,39)(H4,24,25,27);2*1H. The fourth-order valence-electron chi connectivity index (χ4n) is 3.29. The van der Waals surface area contributed by atoms with Gasteiger partial charge in [0.05, 0.1) is 5.84 Å². The summed E-state index contributed by atoms with van der Waals surface area (Å²) in [5, 5.41) is 17.4. The predicted molar refractivity (Wildman–Crippen MR) is 158 cm³/mol. The van der Waals surface area contributed by atoms with Gasteiger partial charge in [-0.2, -0.15) is 0 Å². The molecule has 3 rings (SSSR count). The maximum absolute atomic E-state index is 12.8. The van der Waals surface area contributed by atoms with Gasteiger partial charge in [0, 0.05) is 52.7 Å². The second kappa shape index (κ2) is 15.0. The summed E-state index contributed by atoms with van der Waals surface area (Å²) >= 11 is 0. The molecule has 21 heteroatoms. The number of aliphatic imine (C=N–C) groups is 1. The van der Waals surface area contributed by atoms with Crippen LogP contribution < -0.4 is 38.5 Å². The fraction of sp³-hybridized carbons (Fsp3) is 0.286. The van der Waals surface area contributed by atoms with Crippen molar-refractivity contribution in [2.45, 2.75) is 6.42 Å². The molecule has 0 unspecified atom stereocenters. The molecule has 11 N–H and O–H groups in total. The molecule has 3 aromatic rings. The lowest BCUT2D eigenvalue weighted by Crippen LogP contribution is -2.29. The number of nitrogens with two attached hydrogens (primary N) is 3. The van der Waals surface area contributed by atoms with Gasteiger partial charge >= 0.3 is 0 Å². The third kappa shape index (κ3) is 9.20. The SMILES string of the molecule is Cl.Cl.Cn1cc(NC(=O)c2nc(NC(=O)c3nc(NC(=O)CN=C(N)N)cn3C)cn2C)nc1C(=O)NCCC(=N)N. The molecule has 228 valence electrons. The van der Waals surface area contributed by atoms with Gasteiger partial charge in [0.2, 0.25) is 23.4 Å². The second-order valence-electron chi connectivity index (χ2n) is 8.41. The Hall–Kier alpha value is -5.17. The molecule has 0 aliphatic rings. The Kier molecular flexibility index (Phi) is 12.4. The molecule has 19 nitrogen and oxygen atoms in total. The number of carbonyl (C=O) groups excluding carboxylic acids is 4. The Bertz CT molecular complexity index is 1500. The van der Waals surface area contributed by atoms with Crippen LogP contribution in [0.4, 0.5) is 17.5 Å². The third-order valence-corrected chi connectivity index (χ3v) is 5.07.